The van der Waals surface area contributed by atoms with Gasteiger partial charge >= 0.3 is 0 Å². The van der Waals surface area contributed by atoms with Gasteiger partial charge in [0.25, 0.3) is 0 Å². The number of nitrogens with zero attached hydrogens (tertiary/aromatic N) is 1. The van der Waals surface area contributed by atoms with Crippen LogP contribution in [0.4, 0.5) is 0 Å². The van der Waals surface area contributed by atoms with Gasteiger partial charge in [0, 0.05) is 24.0 Å². The Hall–Kier alpha value is -1.16. The summed E-state index contributed by atoms with van der Waals surface area (Å²) in [6, 6.07) is 13.6. The number of hydrogen-bond acceptors (Lipinski definition) is 3. The van der Waals surface area contributed by atoms with Gasteiger partial charge in [0.05, 0.1) is 0 Å². The van der Waals surface area contributed by atoms with Crippen molar-refractivity contribution in [3.05, 3.63) is 57.8 Å². The number of nitrogens with one attached hydrogen (secondary N) is 1. The molecule has 0 saturated heterocycles. The molecular weight excluding hydrogens is 276 g/mol. The molecule has 0 aliphatic carbocycles. The van der Waals surface area contributed by atoms with Crippen LogP contribution in [0, 0.1) is 0 Å². The molecule has 1 N–H and O–H groups in total. The summed E-state index contributed by atoms with van der Waals surface area (Å²) < 4.78 is 0. The molecule has 114 valence electrons. The number of rotatable bonds is 8. The molecule has 0 spiro atoms. The van der Waals surface area contributed by atoms with Crippen LogP contribution in [0.15, 0.2) is 41.8 Å². The lowest BCUT2D eigenvalue weighted by Gasteiger charge is -2.25. The fourth-order valence-corrected chi connectivity index (χ4v) is 3.28. The minimum atomic E-state index is 0.460. The maximum atomic E-state index is 3.51. The molecule has 1 heterocycles. The van der Waals surface area contributed by atoms with Gasteiger partial charge in [-0.15, -0.1) is 11.3 Å². The standard InChI is InChI=1S/C18H26N2S/c1-4-11-19-13-16-8-5-6-9-17(16)14-20(3)15(2)18-10-7-12-21-18/h5-10,12,15,19H,4,11,13-14H2,1-3H3. The van der Waals surface area contributed by atoms with E-state index in [1.165, 1.54) is 22.4 Å². The fraction of sp³-hybridized carbons (Fsp3) is 0.444. The summed E-state index contributed by atoms with van der Waals surface area (Å²) in [6.07, 6.45) is 1.18. The van der Waals surface area contributed by atoms with Crippen molar-refractivity contribution in [3.8, 4) is 0 Å². The van der Waals surface area contributed by atoms with Crippen LogP contribution in [0.5, 0.6) is 0 Å². The Balaban J connectivity index is 2.01. The number of benzene rings is 1. The van der Waals surface area contributed by atoms with Crippen LogP contribution in [0.1, 0.15) is 42.3 Å². The van der Waals surface area contributed by atoms with Gasteiger partial charge in [-0.25, -0.2) is 0 Å². The minimum Gasteiger partial charge on any atom is -0.313 e. The molecular formula is C18H26N2S. The van der Waals surface area contributed by atoms with Gasteiger partial charge in [-0.2, -0.15) is 0 Å². The third kappa shape index (κ3) is 4.67. The van der Waals surface area contributed by atoms with Crippen molar-refractivity contribution >= 4 is 11.3 Å². The van der Waals surface area contributed by atoms with Crippen molar-refractivity contribution in [1.82, 2.24) is 10.2 Å². The zero-order chi connectivity index (χ0) is 15.1. The first-order valence-electron chi connectivity index (χ1n) is 7.73. The Morgan fingerprint density at radius 3 is 2.57 bits per heavy atom. The molecule has 1 unspecified atom stereocenters. The molecule has 1 aromatic heterocycles. The predicted octanol–water partition coefficient (Wildman–Crippen LogP) is 4.44. The third-order valence-corrected chi connectivity index (χ3v) is 4.94. The normalized spacial score (nSPS) is 12.8. The van der Waals surface area contributed by atoms with Crippen molar-refractivity contribution in [2.75, 3.05) is 13.6 Å². The Morgan fingerprint density at radius 2 is 1.90 bits per heavy atom. The third-order valence-electron chi connectivity index (χ3n) is 3.90. The molecule has 21 heavy (non-hydrogen) atoms. The van der Waals surface area contributed by atoms with Gasteiger partial charge in [0.1, 0.15) is 0 Å². The van der Waals surface area contributed by atoms with E-state index >= 15 is 0 Å². The second-order valence-electron chi connectivity index (χ2n) is 5.55. The second-order valence-corrected chi connectivity index (χ2v) is 6.53. The summed E-state index contributed by atoms with van der Waals surface area (Å²) in [6.45, 7) is 7.52. The average Bonchev–Trinajstić information content (AvgIpc) is 3.02. The molecule has 2 nitrogen and oxygen atoms in total. The van der Waals surface area contributed by atoms with Gasteiger partial charge in [0.15, 0.2) is 0 Å². The molecule has 1 aromatic carbocycles. The van der Waals surface area contributed by atoms with E-state index in [1.807, 2.05) is 11.3 Å². The van der Waals surface area contributed by atoms with Gasteiger partial charge in [-0.3, -0.25) is 4.90 Å². The first kappa shape index (κ1) is 16.2. The van der Waals surface area contributed by atoms with Gasteiger partial charge in [-0.1, -0.05) is 37.3 Å². The molecule has 3 heteroatoms. The SMILES string of the molecule is CCCNCc1ccccc1CN(C)C(C)c1cccs1. The van der Waals surface area contributed by atoms with Gasteiger partial charge in [-0.05, 0) is 49.5 Å². The zero-order valence-corrected chi connectivity index (χ0v) is 14.1. The van der Waals surface area contributed by atoms with Gasteiger partial charge < -0.3 is 5.32 Å². The quantitative estimate of drug-likeness (QED) is 0.725. The lowest BCUT2D eigenvalue weighted by molar-refractivity contribution is 0.255. The fourth-order valence-electron chi connectivity index (χ4n) is 2.44. The topological polar surface area (TPSA) is 15.3 Å². The summed E-state index contributed by atoms with van der Waals surface area (Å²) in [7, 11) is 2.21. The van der Waals surface area contributed by atoms with Crippen LogP contribution in [0.25, 0.3) is 0 Å². The molecule has 2 aromatic rings. The monoisotopic (exact) mass is 302 g/mol. The maximum Gasteiger partial charge on any atom is 0.0413 e. The van der Waals surface area contributed by atoms with E-state index < -0.39 is 0 Å². The van der Waals surface area contributed by atoms with Crippen LogP contribution >= 0.6 is 11.3 Å². The van der Waals surface area contributed by atoms with Crippen LogP contribution < -0.4 is 5.32 Å². The molecule has 2 rings (SSSR count). The highest BCUT2D eigenvalue weighted by Gasteiger charge is 2.14. The summed E-state index contributed by atoms with van der Waals surface area (Å²) in [5.41, 5.74) is 2.84. The highest BCUT2D eigenvalue weighted by Crippen LogP contribution is 2.25. The van der Waals surface area contributed by atoms with E-state index in [-0.39, 0.29) is 0 Å². The van der Waals surface area contributed by atoms with E-state index in [4.69, 9.17) is 0 Å². The maximum absolute atomic E-state index is 3.51. The van der Waals surface area contributed by atoms with Gasteiger partial charge in [0.2, 0.25) is 0 Å². The highest BCUT2D eigenvalue weighted by atomic mass is 32.1. The van der Waals surface area contributed by atoms with Crippen LogP contribution in [-0.4, -0.2) is 18.5 Å². The number of hydrogen-bond donors (Lipinski definition) is 1. The molecule has 0 aliphatic heterocycles. The molecule has 0 bridgehead atoms. The molecule has 0 saturated carbocycles. The van der Waals surface area contributed by atoms with Crippen molar-refractivity contribution in [1.29, 1.82) is 0 Å². The van der Waals surface area contributed by atoms with Crippen LogP contribution in [-0.2, 0) is 13.1 Å². The lowest BCUT2D eigenvalue weighted by atomic mass is 10.1. The first-order chi connectivity index (χ1) is 10.2. The van der Waals surface area contributed by atoms with Crippen molar-refractivity contribution in [2.24, 2.45) is 0 Å². The lowest BCUT2D eigenvalue weighted by Crippen LogP contribution is -2.23. The molecule has 0 amide bonds. The van der Waals surface area contributed by atoms with Crippen molar-refractivity contribution in [3.63, 3.8) is 0 Å². The zero-order valence-electron chi connectivity index (χ0n) is 13.3. The largest absolute Gasteiger partial charge is 0.313 e. The van der Waals surface area contributed by atoms with Crippen molar-refractivity contribution < 1.29 is 0 Å². The second kappa shape index (κ2) is 8.32. The van der Waals surface area contributed by atoms with Crippen LogP contribution in [0.2, 0.25) is 0 Å². The Labute approximate surface area is 132 Å². The van der Waals surface area contributed by atoms with E-state index in [2.05, 4.69) is 72.9 Å². The number of thiophene rings is 1. The van der Waals surface area contributed by atoms with E-state index in [0.717, 1.165) is 19.6 Å². The van der Waals surface area contributed by atoms with Crippen LogP contribution in [0.3, 0.4) is 0 Å². The smallest absolute Gasteiger partial charge is 0.0413 e. The van der Waals surface area contributed by atoms with E-state index in [9.17, 15) is 0 Å². The first-order valence-corrected chi connectivity index (χ1v) is 8.61. The predicted molar refractivity (Wildman–Crippen MR) is 92.6 cm³/mol. The minimum absolute atomic E-state index is 0.460. The van der Waals surface area contributed by atoms with E-state index in [1.54, 1.807) is 0 Å². The average molecular weight is 302 g/mol. The summed E-state index contributed by atoms with van der Waals surface area (Å²) in [5.74, 6) is 0. The molecule has 0 fully saturated rings. The van der Waals surface area contributed by atoms with Crippen molar-refractivity contribution in [2.45, 2.75) is 39.4 Å². The summed E-state index contributed by atoms with van der Waals surface area (Å²) in [4.78, 5) is 3.85. The highest BCUT2D eigenvalue weighted by molar-refractivity contribution is 7.10. The Morgan fingerprint density at radius 1 is 1.14 bits per heavy atom. The Kier molecular flexibility index (Phi) is 6.43. The van der Waals surface area contributed by atoms with E-state index in [0.29, 0.717) is 6.04 Å². The Bertz CT molecular complexity index is 522. The summed E-state index contributed by atoms with van der Waals surface area (Å²) in [5, 5.41) is 5.66. The summed E-state index contributed by atoms with van der Waals surface area (Å²) >= 11 is 1.84. The molecule has 1 atom stereocenters. The molecule has 0 aliphatic rings. The molecule has 0 radical (unpaired) electrons.